The highest BCUT2D eigenvalue weighted by atomic mass is 32.1. The molecule has 3 rings (SSSR count). The van der Waals surface area contributed by atoms with E-state index in [1.807, 2.05) is 23.5 Å². The fourth-order valence-electron chi connectivity index (χ4n) is 3.02. The molecule has 2 nitrogen and oxygen atoms in total. The van der Waals surface area contributed by atoms with Crippen LogP contribution in [-0.2, 0) is 6.42 Å². The number of anilines is 1. The van der Waals surface area contributed by atoms with Crippen LogP contribution in [0.5, 0.6) is 0 Å². The summed E-state index contributed by atoms with van der Waals surface area (Å²) < 4.78 is 0. The normalized spacial score (nSPS) is 21.1. The largest absolute Gasteiger partial charge is 0.399 e. The van der Waals surface area contributed by atoms with Crippen molar-refractivity contribution in [3.63, 3.8) is 0 Å². The van der Waals surface area contributed by atoms with Gasteiger partial charge in [0.25, 0.3) is 0 Å². The molecule has 0 fully saturated rings. The lowest BCUT2D eigenvalue weighted by Gasteiger charge is -2.38. The number of nitrogen functional groups attached to an aromatic ring is 1. The first kappa shape index (κ1) is 12.7. The Morgan fingerprint density at radius 2 is 2.00 bits per heavy atom. The first-order chi connectivity index (χ1) is 9.16. The molecule has 1 aliphatic heterocycles. The van der Waals surface area contributed by atoms with E-state index in [-0.39, 0.29) is 0 Å². The predicted octanol–water partition coefficient (Wildman–Crippen LogP) is 4.01. The molecule has 2 unspecified atom stereocenters. The van der Waals surface area contributed by atoms with Gasteiger partial charge in [-0.3, -0.25) is 4.90 Å². The Morgan fingerprint density at radius 1 is 1.26 bits per heavy atom. The van der Waals surface area contributed by atoms with Gasteiger partial charge in [0.2, 0.25) is 0 Å². The van der Waals surface area contributed by atoms with Gasteiger partial charge in [-0.15, -0.1) is 11.3 Å². The lowest BCUT2D eigenvalue weighted by Crippen LogP contribution is -2.35. The van der Waals surface area contributed by atoms with Crippen LogP contribution in [0.2, 0.25) is 0 Å². The summed E-state index contributed by atoms with van der Waals surface area (Å²) >= 11 is 1.90. The average molecular weight is 272 g/mol. The number of nitrogens with two attached hydrogens (primary N) is 1. The van der Waals surface area contributed by atoms with E-state index in [2.05, 4.69) is 42.3 Å². The van der Waals surface area contributed by atoms with Crippen LogP contribution in [0.15, 0.2) is 35.7 Å². The standard InChI is InChI=1S/C16H20N2S/c1-11(13-3-5-14(17)6-4-13)18-9-7-16-15(12(18)2)8-10-19-16/h3-6,8,10-12H,7,9,17H2,1-2H3. The summed E-state index contributed by atoms with van der Waals surface area (Å²) in [6.07, 6.45) is 1.18. The fraction of sp³-hybridized carbons (Fsp3) is 0.375. The van der Waals surface area contributed by atoms with Gasteiger partial charge >= 0.3 is 0 Å². The molecular weight excluding hydrogens is 252 g/mol. The molecular formula is C16H20N2S. The van der Waals surface area contributed by atoms with Crippen LogP contribution in [0.3, 0.4) is 0 Å². The minimum atomic E-state index is 0.434. The van der Waals surface area contributed by atoms with Crippen molar-refractivity contribution in [2.45, 2.75) is 32.4 Å². The van der Waals surface area contributed by atoms with Crippen molar-refractivity contribution in [3.8, 4) is 0 Å². The van der Waals surface area contributed by atoms with Crippen molar-refractivity contribution in [3.05, 3.63) is 51.7 Å². The van der Waals surface area contributed by atoms with Gasteiger partial charge in [0.05, 0.1) is 0 Å². The lowest BCUT2D eigenvalue weighted by atomic mass is 9.97. The van der Waals surface area contributed by atoms with Crippen molar-refractivity contribution >= 4 is 17.0 Å². The molecule has 2 atom stereocenters. The minimum Gasteiger partial charge on any atom is -0.399 e. The highest BCUT2D eigenvalue weighted by Crippen LogP contribution is 2.37. The Bertz CT molecular complexity index is 558. The number of fused-ring (bicyclic) bond motifs is 1. The quantitative estimate of drug-likeness (QED) is 0.837. The van der Waals surface area contributed by atoms with Crippen molar-refractivity contribution < 1.29 is 0 Å². The van der Waals surface area contributed by atoms with Gasteiger partial charge < -0.3 is 5.73 Å². The molecule has 2 N–H and O–H groups in total. The molecule has 1 aromatic carbocycles. The summed E-state index contributed by atoms with van der Waals surface area (Å²) in [5.41, 5.74) is 9.47. The van der Waals surface area contributed by atoms with Gasteiger partial charge in [-0.25, -0.2) is 0 Å². The molecule has 0 saturated carbocycles. The first-order valence-electron chi connectivity index (χ1n) is 6.84. The first-order valence-corrected chi connectivity index (χ1v) is 7.72. The number of thiophene rings is 1. The van der Waals surface area contributed by atoms with Crippen molar-refractivity contribution in [1.29, 1.82) is 0 Å². The van der Waals surface area contributed by atoms with E-state index < -0.39 is 0 Å². The SMILES string of the molecule is CC(c1ccc(N)cc1)N1CCc2sccc2C1C. The van der Waals surface area contributed by atoms with Crippen LogP contribution < -0.4 is 5.73 Å². The van der Waals surface area contributed by atoms with Gasteiger partial charge in [0, 0.05) is 29.2 Å². The number of hydrogen-bond donors (Lipinski definition) is 1. The minimum absolute atomic E-state index is 0.434. The summed E-state index contributed by atoms with van der Waals surface area (Å²) in [5.74, 6) is 0. The van der Waals surface area contributed by atoms with Gasteiger partial charge in [-0.1, -0.05) is 12.1 Å². The van der Waals surface area contributed by atoms with Crippen LogP contribution in [0.4, 0.5) is 5.69 Å². The lowest BCUT2D eigenvalue weighted by molar-refractivity contribution is 0.145. The third-order valence-electron chi connectivity index (χ3n) is 4.24. The molecule has 3 heteroatoms. The average Bonchev–Trinajstić information content (AvgIpc) is 2.88. The van der Waals surface area contributed by atoms with E-state index in [1.54, 1.807) is 4.88 Å². The van der Waals surface area contributed by atoms with Gasteiger partial charge in [-0.05, 0) is 55.0 Å². The molecule has 0 amide bonds. The maximum Gasteiger partial charge on any atom is 0.0337 e. The van der Waals surface area contributed by atoms with E-state index in [9.17, 15) is 0 Å². The van der Waals surface area contributed by atoms with E-state index in [0.717, 1.165) is 12.2 Å². The maximum absolute atomic E-state index is 5.77. The Balaban J connectivity index is 1.85. The van der Waals surface area contributed by atoms with E-state index >= 15 is 0 Å². The Labute approximate surface area is 118 Å². The molecule has 0 radical (unpaired) electrons. The van der Waals surface area contributed by atoms with Crippen LogP contribution >= 0.6 is 11.3 Å². The topological polar surface area (TPSA) is 29.3 Å². The molecule has 0 spiro atoms. The van der Waals surface area contributed by atoms with Crippen LogP contribution in [-0.4, -0.2) is 11.4 Å². The number of rotatable bonds is 2. The highest BCUT2D eigenvalue weighted by molar-refractivity contribution is 7.10. The van der Waals surface area contributed by atoms with Crippen LogP contribution in [0.25, 0.3) is 0 Å². The Hall–Kier alpha value is -1.32. The summed E-state index contributed by atoms with van der Waals surface area (Å²) in [5, 5.41) is 2.22. The summed E-state index contributed by atoms with van der Waals surface area (Å²) in [6.45, 7) is 5.75. The maximum atomic E-state index is 5.77. The molecule has 0 aliphatic carbocycles. The van der Waals surface area contributed by atoms with Crippen molar-refractivity contribution in [2.75, 3.05) is 12.3 Å². The third-order valence-corrected chi connectivity index (χ3v) is 5.24. The third kappa shape index (κ3) is 2.28. The van der Waals surface area contributed by atoms with E-state index in [4.69, 9.17) is 5.73 Å². The molecule has 1 aromatic heterocycles. The predicted molar refractivity (Wildman–Crippen MR) is 82.4 cm³/mol. The second kappa shape index (κ2) is 4.99. The molecule has 0 saturated heterocycles. The summed E-state index contributed by atoms with van der Waals surface area (Å²) in [6, 6.07) is 11.5. The highest BCUT2D eigenvalue weighted by Gasteiger charge is 2.28. The molecule has 1 aliphatic rings. The van der Waals surface area contributed by atoms with Crippen molar-refractivity contribution in [1.82, 2.24) is 4.90 Å². The second-order valence-electron chi connectivity index (χ2n) is 5.31. The fourth-order valence-corrected chi connectivity index (χ4v) is 3.99. The Morgan fingerprint density at radius 3 is 2.74 bits per heavy atom. The van der Waals surface area contributed by atoms with Crippen LogP contribution in [0, 0.1) is 0 Å². The van der Waals surface area contributed by atoms with Gasteiger partial charge in [-0.2, -0.15) is 0 Å². The second-order valence-corrected chi connectivity index (χ2v) is 6.31. The van der Waals surface area contributed by atoms with E-state index in [0.29, 0.717) is 12.1 Å². The molecule has 2 aromatic rings. The smallest absolute Gasteiger partial charge is 0.0337 e. The molecule has 100 valence electrons. The van der Waals surface area contributed by atoms with Gasteiger partial charge in [0.15, 0.2) is 0 Å². The zero-order chi connectivity index (χ0) is 13.4. The van der Waals surface area contributed by atoms with Crippen LogP contribution in [0.1, 0.15) is 41.9 Å². The zero-order valence-corrected chi connectivity index (χ0v) is 12.3. The Kier molecular flexibility index (Phi) is 3.33. The van der Waals surface area contributed by atoms with Gasteiger partial charge in [0.1, 0.15) is 0 Å². The summed E-state index contributed by atoms with van der Waals surface area (Å²) in [7, 11) is 0. The van der Waals surface area contributed by atoms with Crippen molar-refractivity contribution in [2.24, 2.45) is 0 Å². The number of benzene rings is 1. The molecule has 19 heavy (non-hydrogen) atoms. The monoisotopic (exact) mass is 272 g/mol. The summed E-state index contributed by atoms with van der Waals surface area (Å²) in [4.78, 5) is 4.15. The zero-order valence-electron chi connectivity index (χ0n) is 11.5. The number of hydrogen-bond acceptors (Lipinski definition) is 3. The number of nitrogens with zero attached hydrogens (tertiary/aromatic N) is 1. The van der Waals surface area contributed by atoms with E-state index in [1.165, 1.54) is 17.5 Å². The molecule has 0 bridgehead atoms. The molecule has 2 heterocycles.